The van der Waals surface area contributed by atoms with Crippen molar-refractivity contribution < 1.29 is 22.3 Å². The summed E-state index contributed by atoms with van der Waals surface area (Å²) < 4.78 is 45.7. The molecule has 6 nitrogen and oxygen atoms in total. The van der Waals surface area contributed by atoms with E-state index in [9.17, 15) is 8.42 Å². The first kappa shape index (κ1) is 19.7. The fourth-order valence-electron chi connectivity index (χ4n) is 3.60. The van der Waals surface area contributed by atoms with Crippen molar-refractivity contribution in [3.63, 3.8) is 0 Å². The molecule has 1 aliphatic rings. The van der Waals surface area contributed by atoms with Gasteiger partial charge in [0.1, 0.15) is 11.3 Å². The molecule has 4 aromatic rings. The first-order valence-corrected chi connectivity index (χ1v) is 11.5. The monoisotopic (exact) mass is 435 g/mol. The maximum Gasteiger partial charge on any atom is 0.241 e. The molecule has 1 aliphatic heterocycles. The molecule has 0 amide bonds. The molecule has 31 heavy (non-hydrogen) atoms. The summed E-state index contributed by atoms with van der Waals surface area (Å²) >= 11 is 0. The van der Waals surface area contributed by atoms with Gasteiger partial charge in [-0.15, -0.1) is 0 Å². The lowest BCUT2D eigenvalue weighted by molar-refractivity contribution is 0.297. The minimum absolute atomic E-state index is 0.129. The topological polar surface area (TPSA) is 77.8 Å². The number of para-hydroxylation sites is 1. The Kier molecular flexibility index (Phi) is 5.13. The van der Waals surface area contributed by atoms with E-state index in [0.717, 1.165) is 28.5 Å². The number of rotatable bonds is 5. The Bertz CT molecular complexity index is 1310. The molecular formula is C24H21NO5S. The van der Waals surface area contributed by atoms with Crippen LogP contribution in [0.25, 0.3) is 22.3 Å². The average Bonchev–Trinajstić information content (AvgIpc) is 3.08. The third-order valence-electron chi connectivity index (χ3n) is 5.19. The highest BCUT2D eigenvalue weighted by atomic mass is 32.2. The smallest absolute Gasteiger partial charge is 0.241 e. The summed E-state index contributed by atoms with van der Waals surface area (Å²) in [4.78, 5) is 0.137. The van der Waals surface area contributed by atoms with Crippen LogP contribution in [0, 0.1) is 0 Å². The molecule has 1 N–H and O–H groups in total. The molecule has 0 saturated heterocycles. The van der Waals surface area contributed by atoms with Crippen LogP contribution in [0.3, 0.4) is 0 Å². The van der Waals surface area contributed by atoms with Gasteiger partial charge >= 0.3 is 0 Å². The largest absolute Gasteiger partial charge is 0.490 e. The molecule has 0 unspecified atom stereocenters. The lowest BCUT2D eigenvalue weighted by Crippen LogP contribution is -2.23. The van der Waals surface area contributed by atoms with Gasteiger partial charge in [0.2, 0.25) is 10.0 Å². The fourth-order valence-corrected chi connectivity index (χ4v) is 4.62. The lowest BCUT2D eigenvalue weighted by atomic mass is 10.1. The Labute approximate surface area is 180 Å². The molecule has 0 spiro atoms. The van der Waals surface area contributed by atoms with Gasteiger partial charge in [0.05, 0.1) is 18.1 Å². The van der Waals surface area contributed by atoms with Crippen LogP contribution in [-0.4, -0.2) is 21.6 Å². The van der Waals surface area contributed by atoms with Crippen LogP contribution >= 0.6 is 0 Å². The maximum absolute atomic E-state index is 12.9. The van der Waals surface area contributed by atoms with E-state index < -0.39 is 10.0 Å². The third-order valence-corrected chi connectivity index (χ3v) is 6.59. The molecule has 1 aromatic heterocycles. The summed E-state index contributed by atoms with van der Waals surface area (Å²) in [6, 6.07) is 22.0. The van der Waals surface area contributed by atoms with Gasteiger partial charge in [-0.1, -0.05) is 42.5 Å². The van der Waals surface area contributed by atoms with Gasteiger partial charge in [0.15, 0.2) is 11.5 Å². The summed E-state index contributed by atoms with van der Waals surface area (Å²) in [6.45, 7) is 1.18. The molecule has 5 rings (SSSR count). The van der Waals surface area contributed by atoms with E-state index >= 15 is 0 Å². The van der Waals surface area contributed by atoms with Gasteiger partial charge in [-0.25, -0.2) is 13.1 Å². The number of benzene rings is 3. The van der Waals surface area contributed by atoms with Gasteiger partial charge in [0.25, 0.3) is 0 Å². The predicted octanol–water partition coefficient (Wildman–Crippen LogP) is 4.74. The normalized spacial score (nSPS) is 13.8. The van der Waals surface area contributed by atoms with Crippen molar-refractivity contribution in [2.24, 2.45) is 0 Å². The first-order chi connectivity index (χ1) is 15.1. The van der Waals surface area contributed by atoms with Crippen LogP contribution in [0.5, 0.6) is 11.5 Å². The zero-order chi connectivity index (χ0) is 21.3. The minimum atomic E-state index is -3.74. The molecule has 2 heterocycles. The Morgan fingerprint density at radius 2 is 1.61 bits per heavy atom. The molecule has 0 fully saturated rings. The van der Waals surface area contributed by atoms with Crippen molar-refractivity contribution in [1.82, 2.24) is 4.72 Å². The van der Waals surface area contributed by atoms with Crippen molar-refractivity contribution in [3.05, 3.63) is 78.4 Å². The lowest BCUT2D eigenvalue weighted by Gasteiger charge is -2.12. The van der Waals surface area contributed by atoms with Crippen LogP contribution in [-0.2, 0) is 16.6 Å². The van der Waals surface area contributed by atoms with E-state index in [1.807, 2.05) is 54.6 Å². The van der Waals surface area contributed by atoms with Gasteiger partial charge in [0, 0.05) is 30.0 Å². The number of furan rings is 1. The van der Waals surface area contributed by atoms with Gasteiger partial charge < -0.3 is 13.9 Å². The zero-order valence-corrected chi connectivity index (χ0v) is 17.5. The number of ether oxygens (including phenoxy) is 2. The third kappa shape index (κ3) is 4.02. The summed E-state index contributed by atoms with van der Waals surface area (Å²) in [5.74, 6) is 1.71. The molecule has 7 heteroatoms. The molecule has 0 aliphatic carbocycles. The molecule has 158 valence electrons. The minimum Gasteiger partial charge on any atom is -0.490 e. The second kappa shape index (κ2) is 8.09. The zero-order valence-electron chi connectivity index (χ0n) is 16.7. The standard InChI is InChI=1S/C24H21NO5S/c26-31(27,19-10-11-22-24(15-19)29-13-5-12-28-22)25-16-18-7-1-3-8-20(18)23-14-17-6-2-4-9-21(17)30-23/h1-4,6-11,14-15,25H,5,12-13,16H2. The Morgan fingerprint density at radius 1 is 0.839 bits per heavy atom. The highest BCUT2D eigenvalue weighted by Gasteiger charge is 2.19. The van der Waals surface area contributed by atoms with Crippen molar-refractivity contribution in [3.8, 4) is 22.8 Å². The number of nitrogens with one attached hydrogen (secondary N) is 1. The summed E-state index contributed by atoms with van der Waals surface area (Å²) in [5.41, 5.74) is 2.46. The molecule has 0 bridgehead atoms. The van der Waals surface area contributed by atoms with E-state index in [2.05, 4.69) is 4.72 Å². The molecular weight excluding hydrogens is 414 g/mol. The molecule has 0 saturated carbocycles. The SMILES string of the molecule is O=S(=O)(NCc1ccccc1-c1cc2ccccc2o1)c1ccc2c(c1)OCCCO2. The Hall–Kier alpha value is -3.29. The molecule has 0 atom stereocenters. The number of sulfonamides is 1. The van der Waals surface area contributed by atoms with Crippen LogP contribution in [0.15, 0.2) is 82.1 Å². The van der Waals surface area contributed by atoms with Crippen LogP contribution < -0.4 is 14.2 Å². The van der Waals surface area contributed by atoms with Gasteiger partial charge in [-0.3, -0.25) is 0 Å². The van der Waals surface area contributed by atoms with Crippen LogP contribution in [0.4, 0.5) is 0 Å². The molecule has 0 radical (unpaired) electrons. The van der Waals surface area contributed by atoms with Crippen LogP contribution in [0.2, 0.25) is 0 Å². The second-order valence-corrected chi connectivity index (χ2v) is 9.06. The van der Waals surface area contributed by atoms with E-state index in [0.29, 0.717) is 30.5 Å². The van der Waals surface area contributed by atoms with E-state index in [4.69, 9.17) is 13.9 Å². The summed E-state index contributed by atoms with van der Waals surface area (Å²) in [5, 5.41) is 1.00. The van der Waals surface area contributed by atoms with Crippen molar-refractivity contribution in [1.29, 1.82) is 0 Å². The summed E-state index contributed by atoms with van der Waals surface area (Å²) in [6.07, 6.45) is 0.758. The number of hydrogen-bond donors (Lipinski definition) is 1. The predicted molar refractivity (Wildman–Crippen MR) is 118 cm³/mol. The van der Waals surface area contributed by atoms with Gasteiger partial charge in [-0.05, 0) is 29.8 Å². The van der Waals surface area contributed by atoms with Crippen LogP contribution in [0.1, 0.15) is 12.0 Å². The van der Waals surface area contributed by atoms with Crippen molar-refractivity contribution in [2.45, 2.75) is 17.9 Å². The first-order valence-electron chi connectivity index (χ1n) is 10.1. The molecule has 3 aromatic carbocycles. The van der Waals surface area contributed by atoms with Crippen molar-refractivity contribution in [2.75, 3.05) is 13.2 Å². The average molecular weight is 436 g/mol. The van der Waals surface area contributed by atoms with E-state index in [-0.39, 0.29) is 11.4 Å². The highest BCUT2D eigenvalue weighted by molar-refractivity contribution is 7.89. The van der Waals surface area contributed by atoms with Gasteiger partial charge in [-0.2, -0.15) is 0 Å². The number of fused-ring (bicyclic) bond motifs is 2. The second-order valence-electron chi connectivity index (χ2n) is 7.29. The van der Waals surface area contributed by atoms with Crippen molar-refractivity contribution >= 4 is 21.0 Å². The van der Waals surface area contributed by atoms with E-state index in [1.54, 1.807) is 6.07 Å². The maximum atomic E-state index is 12.9. The Balaban J connectivity index is 1.40. The van der Waals surface area contributed by atoms with E-state index in [1.165, 1.54) is 12.1 Å². The fraction of sp³-hybridized carbons (Fsp3) is 0.167. The Morgan fingerprint density at radius 3 is 2.48 bits per heavy atom. The highest BCUT2D eigenvalue weighted by Crippen LogP contribution is 2.33. The quantitative estimate of drug-likeness (QED) is 0.490. The summed E-state index contributed by atoms with van der Waals surface area (Å²) in [7, 11) is -3.74. The number of hydrogen-bond acceptors (Lipinski definition) is 5.